The van der Waals surface area contributed by atoms with Crippen LogP contribution in [0.4, 0.5) is 8.78 Å². The van der Waals surface area contributed by atoms with E-state index in [9.17, 15) is 13.6 Å². The number of thiocarbonyl (C=S) groups is 1. The van der Waals surface area contributed by atoms with Gasteiger partial charge in [-0.1, -0.05) is 30.3 Å². The van der Waals surface area contributed by atoms with E-state index >= 15 is 0 Å². The zero-order valence-electron chi connectivity index (χ0n) is 14.6. The molecule has 1 aliphatic rings. The number of benzene rings is 2. The number of rotatable bonds is 6. The molecule has 2 aromatic carbocycles. The van der Waals surface area contributed by atoms with Crippen molar-refractivity contribution in [3.63, 3.8) is 0 Å². The molecule has 0 spiro atoms. The molecule has 4 nitrogen and oxygen atoms in total. The Hall–Kier alpha value is -2.54. The van der Waals surface area contributed by atoms with Crippen molar-refractivity contribution in [1.82, 2.24) is 10.6 Å². The number of fused-ring (bicyclic) bond motifs is 1. The third-order valence-electron chi connectivity index (χ3n) is 4.46. The maximum Gasteiger partial charge on any atom is 0.310 e. The van der Waals surface area contributed by atoms with Crippen molar-refractivity contribution >= 4 is 23.3 Å². The maximum atomic E-state index is 13.8. The average molecular weight is 390 g/mol. The first kappa shape index (κ1) is 19.2. The molecule has 0 saturated carbocycles. The van der Waals surface area contributed by atoms with Crippen molar-refractivity contribution in [2.75, 3.05) is 13.2 Å². The topological polar surface area (TPSA) is 50.4 Å². The molecular weight excluding hydrogens is 370 g/mol. The van der Waals surface area contributed by atoms with E-state index in [0.717, 1.165) is 17.5 Å². The molecule has 0 heterocycles. The van der Waals surface area contributed by atoms with Gasteiger partial charge in [0.15, 0.2) is 5.11 Å². The number of carbonyl (C=O) groups excluding carboxylic acids is 1. The molecule has 2 N–H and O–H groups in total. The molecular formula is C20H20F2N2O2S. The number of ether oxygens (including phenoxy) is 1. The number of esters is 1. The quantitative estimate of drug-likeness (QED) is 0.451. The molecule has 1 atom stereocenters. The van der Waals surface area contributed by atoms with E-state index in [-0.39, 0.29) is 24.9 Å². The van der Waals surface area contributed by atoms with Crippen LogP contribution < -0.4 is 10.6 Å². The van der Waals surface area contributed by atoms with Crippen LogP contribution in [-0.4, -0.2) is 24.2 Å². The van der Waals surface area contributed by atoms with Crippen molar-refractivity contribution in [2.45, 2.75) is 25.3 Å². The second kappa shape index (κ2) is 8.90. The molecule has 0 saturated heterocycles. The van der Waals surface area contributed by atoms with Crippen LogP contribution in [0, 0.1) is 11.6 Å². The normalized spacial score (nSPS) is 15.1. The lowest BCUT2D eigenvalue weighted by Gasteiger charge is -2.17. The highest BCUT2D eigenvalue weighted by Gasteiger charge is 2.25. The third kappa shape index (κ3) is 5.01. The minimum absolute atomic E-state index is 0.0284. The largest absolute Gasteiger partial charge is 0.464 e. The summed E-state index contributed by atoms with van der Waals surface area (Å²) in [6.07, 6.45) is 1.34. The molecule has 3 rings (SSSR count). The zero-order valence-corrected chi connectivity index (χ0v) is 15.5. The predicted molar refractivity (Wildman–Crippen MR) is 102 cm³/mol. The van der Waals surface area contributed by atoms with E-state index in [1.165, 1.54) is 12.1 Å². The van der Waals surface area contributed by atoms with E-state index in [1.807, 2.05) is 6.07 Å². The lowest BCUT2D eigenvalue weighted by molar-refractivity contribution is -0.142. The van der Waals surface area contributed by atoms with Crippen LogP contribution >= 0.6 is 12.2 Å². The molecule has 142 valence electrons. The van der Waals surface area contributed by atoms with Crippen molar-refractivity contribution in [1.29, 1.82) is 0 Å². The SMILES string of the molecule is O=C(Cc1ccccc1F)OCCNC(=S)NC1CCc2c(F)cccc21. The highest BCUT2D eigenvalue weighted by molar-refractivity contribution is 7.80. The van der Waals surface area contributed by atoms with Gasteiger partial charge < -0.3 is 15.4 Å². The van der Waals surface area contributed by atoms with Gasteiger partial charge in [-0.2, -0.15) is 0 Å². The highest BCUT2D eigenvalue weighted by Crippen LogP contribution is 2.32. The molecule has 0 radical (unpaired) electrons. The predicted octanol–water partition coefficient (Wildman–Crippen LogP) is 3.20. The van der Waals surface area contributed by atoms with Crippen LogP contribution in [0.5, 0.6) is 0 Å². The first-order chi connectivity index (χ1) is 13.0. The summed E-state index contributed by atoms with van der Waals surface area (Å²) in [5, 5.41) is 6.54. The Morgan fingerprint density at radius 3 is 2.74 bits per heavy atom. The Labute approximate surface area is 161 Å². The molecule has 0 bridgehead atoms. The van der Waals surface area contributed by atoms with Gasteiger partial charge in [-0.05, 0) is 53.9 Å². The van der Waals surface area contributed by atoms with Gasteiger partial charge in [0, 0.05) is 0 Å². The second-order valence-electron chi connectivity index (χ2n) is 6.29. The molecule has 1 unspecified atom stereocenters. The van der Waals surface area contributed by atoms with Gasteiger partial charge in [-0.25, -0.2) is 8.78 Å². The zero-order chi connectivity index (χ0) is 19.2. The lowest BCUT2D eigenvalue weighted by Crippen LogP contribution is -2.38. The minimum Gasteiger partial charge on any atom is -0.464 e. The van der Waals surface area contributed by atoms with Crippen LogP contribution in [0.1, 0.15) is 29.2 Å². The lowest BCUT2D eigenvalue weighted by atomic mass is 10.1. The Bertz CT molecular complexity index is 844. The van der Waals surface area contributed by atoms with E-state index in [0.29, 0.717) is 23.6 Å². The monoisotopic (exact) mass is 390 g/mol. The first-order valence-electron chi connectivity index (χ1n) is 8.75. The Balaban J connectivity index is 1.38. The molecule has 0 aliphatic heterocycles. The first-order valence-corrected chi connectivity index (χ1v) is 9.16. The van der Waals surface area contributed by atoms with Crippen molar-refractivity contribution in [3.8, 4) is 0 Å². The summed E-state index contributed by atoms with van der Waals surface area (Å²) in [6, 6.07) is 11.1. The highest BCUT2D eigenvalue weighted by atomic mass is 32.1. The summed E-state index contributed by atoms with van der Waals surface area (Å²) in [5.41, 5.74) is 1.97. The third-order valence-corrected chi connectivity index (χ3v) is 4.72. The maximum absolute atomic E-state index is 13.8. The van der Waals surface area contributed by atoms with Gasteiger partial charge >= 0.3 is 5.97 Å². The molecule has 27 heavy (non-hydrogen) atoms. The van der Waals surface area contributed by atoms with Crippen LogP contribution in [0.3, 0.4) is 0 Å². The van der Waals surface area contributed by atoms with Crippen LogP contribution in [-0.2, 0) is 22.4 Å². The number of carbonyl (C=O) groups is 1. The molecule has 1 aliphatic carbocycles. The minimum atomic E-state index is -0.499. The summed E-state index contributed by atoms with van der Waals surface area (Å²) in [5.74, 6) is -1.11. The molecule has 2 aromatic rings. The standard InChI is InChI=1S/C20H20F2N2O2S/c21-16-6-2-1-4-13(16)12-19(25)26-11-10-23-20(27)24-18-9-8-14-15(18)5-3-7-17(14)22/h1-7,18H,8-12H2,(H2,23,24,27). The van der Waals surface area contributed by atoms with Gasteiger partial charge in [-0.15, -0.1) is 0 Å². The van der Waals surface area contributed by atoms with Crippen molar-refractivity contribution in [3.05, 3.63) is 70.8 Å². The van der Waals surface area contributed by atoms with Gasteiger partial charge in [0.2, 0.25) is 0 Å². The molecule has 7 heteroatoms. The van der Waals surface area contributed by atoms with E-state index < -0.39 is 11.8 Å². The second-order valence-corrected chi connectivity index (χ2v) is 6.70. The van der Waals surface area contributed by atoms with Crippen molar-refractivity contribution < 1.29 is 18.3 Å². The van der Waals surface area contributed by atoms with Crippen molar-refractivity contribution in [2.24, 2.45) is 0 Å². The molecule has 0 fully saturated rings. The summed E-state index contributed by atoms with van der Waals surface area (Å²) in [4.78, 5) is 11.8. The van der Waals surface area contributed by atoms with Gasteiger partial charge in [0.05, 0.1) is 19.0 Å². The fourth-order valence-electron chi connectivity index (χ4n) is 3.15. The summed E-state index contributed by atoms with van der Waals surface area (Å²) in [7, 11) is 0. The van der Waals surface area contributed by atoms with Gasteiger partial charge in [0.1, 0.15) is 18.2 Å². The van der Waals surface area contributed by atoms with E-state index in [1.54, 1.807) is 24.3 Å². The number of hydrogen-bond acceptors (Lipinski definition) is 3. The molecule has 0 amide bonds. The van der Waals surface area contributed by atoms with Gasteiger partial charge in [0.25, 0.3) is 0 Å². The summed E-state index contributed by atoms with van der Waals surface area (Å²) < 4.78 is 32.3. The number of nitrogens with one attached hydrogen (secondary N) is 2. The summed E-state index contributed by atoms with van der Waals surface area (Å²) >= 11 is 5.25. The fraction of sp³-hybridized carbons (Fsp3) is 0.300. The fourth-order valence-corrected chi connectivity index (χ4v) is 3.39. The Morgan fingerprint density at radius 2 is 1.93 bits per heavy atom. The Morgan fingerprint density at radius 1 is 1.15 bits per heavy atom. The Kier molecular flexibility index (Phi) is 6.34. The van der Waals surface area contributed by atoms with E-state index in [4.69, 9.17) is 17.0 Å². The number of hydrogen-bond donors (Lipinski definition) is 2. The van der Waals surface area contributed by atoms with Crippen LogP contribution in [0.2, 0.25) is 0 Å². The average Bonchev–Trinajstić information content (AvgIpc) is 3.05. The van der Waals surface area contributed by atoms with Crippen LogP contribution in [0.15, 0.2) is 42.5 Å². The molecule has 0 aromatic heterocycles. The smallest absolute Gasteiger partial charge is 0.310 e. The van der Waals surface area contributed by atoms with E-state index in [2.05, 4.69) is 10.6 Å². The van der Waals surface area contributed by atoms with Crippen LogP contribution in [0.25, 0.3) is 0 Å². The number of halogens is 2. The van der Waals surface area contributed by atoms with Gasteiger partial charge in [-0.3, -0.25) is 4.79 Å². The summed E-state index contributed by atoms with van der Waals surface area (Å²) in [6.45, 7) is 0.447.